The van der Waals surface area contributed by atoms with Crippen LogP contribution in [0.5, 0.6) is 5.75 Å². The van der Waals surface area contributed by atoms with Gasteiger partial charge in [0.05, 0.1) is 0 Å². The lowest BCUT2D eigenvalue weighted by Gasteiger charge is -2.39. The molecule has 2 unspecified atom stereocenters. The van der Waals surface area contributed by atoms with Crippen molar-refractivity contribution in [2.45, 2.75) is 89.7 Å². The van der Waals surface area contributed by atoms with Gasteiger partial charge in [0.2, 0.25) is 0 Å². The van der Waals surface area contributed by atoms with Crippen LogP contribution < -0.4 is 10.1 Å². The molecule has 1 heterocycles. The van der Waals surface area contributed by atoms with Crippen LogP contribution in [0, 0.1) is 5.92 Å². The number of nitrogens with one attached hydrogen (secondary N) is 1. The Hall–Kier alpha value is -1.65. The molecule has 0 bridgehead atoms. The summed E-state index contributed by atoms with van der Waals surface area (Å²) in [7, 11) is 1.00. The molecule has 0 aromatic heterocycles. The van der Waals surface area contributed by atoms with Crippen LogP contribution in [-0.4, -0.2) is 37.2 Å². The van der Waals surface area contributed by atoms with Crippen LogP contribution >= 0.6 is 0 Å². The number of aliphatic hydroxyl groups is 1. The van der Waals surface area contributed by atoms with Crippen LogP contribution in [0.15, 0.2) is 24.3 Å². The van der Waals surface area contributed by atoms with E-state index in [1.807, 2.05) is 6.79 Å². The molecule has 0 spiro atoms. The first-order chi connectivity index (χ1) is 14.7. The Balaban J connectivity index is 0.000000757. The molecule has 1 aromatic rings. The van der Waals surface area contributed by atoms with E-state index in [-0.39, 0.29) is 5.60 Å². The van der Waals surface area contributed by atoms with E-state index in [0.29, 0.717) is 0 Å². The molecule has 2 atom stereocenters. The summed E-state index contributed by atoms with van der Waals surface area (Å²) in [6.07, 6.45) is 14.9. The normalized spacial score (nSPS) is 25.2. The van der Waals surface area contributed by atoms with Gasteiger partial charge in [0.25, 0.3) is 0 Å². The lowest BCUT2D eigenvalue weighted by atomic mass is 9.83. The molecule has 2 N–H and O–H groups in total. The van der Waals surface area contributed by atoms with E-state index in [2.05, 4.69) is 43.4 Å². The van der Waals surface area contributed by atoms with Gasteiger partial charge < -0.3 is 20.0 Å². The molecule has 1 saturated carbocycles. The van der Waals surface area contributed by atoms with Crippen LogP contribution in [0.3, 0.4) is 0 Å². The van der Waals surface area contributed by atoms with Crippen molar-refractivity contribution in [2.75, 3.05) is 13.7 Å². The zero-order valence-electron chi connectivity index (χ0n) is 19.2. The van der Waals surface area contributed by atoms with Crippen molar-refractivity contribution < 1.29 is 14.6 Å². The van der Waals surface area contributed by atoms with Gasteiger partial charge in [-0.3, -0.25) is 0 Å². The molecule has 4 rings (SSSR count). The molecule has 168 valence electrons. The summed E-state index contributed by atoms with van der Waals surface area (Å²) >= 11 is 0. The van der Waals surface area contributed by atoms with Crippen LogP contribution in [-0.2, 0) is 11.2 Å². The zero-order chi connectivity index (χ0) is 22.0. The minimum atomic E-state index is 0.0325. The van der Waals surface area contributed by atoms with Gasteiger partial charge in [-0.2, -0.15) is 0 Å². The largest absolute Gasteiger partial charge is 0.487 e. The number of hydrogen-bond acceptors (Lipinski definition) is 4. The molecule has 3 aliphatic rings. The summed E-state index contributed by atoms with van der Waals surface area (Å²) in [6.45, 7) is 7.74. The first-order valence-electron chi connectivity index (χ1n) is 11.7. The molecule has 0 amide bonds. The first-order valence-corrected chi connectivity index (χ1v) is 11.7. The van der Waals surface area contributed by atoms with Crippen LogP contribution in [0.2, 0.25) is 0 Å². The van der Waals surface area contributed by atoms with Gasteiger partial charge in [-0.05, 0) is 99.1 Å². The van der Waals surface area contributed by atoms with Crippen molar-refractivity contribution in [1.29, 1.82) is 0 Å². The van der Waals surface area contributed by atoms with E-state index in [0.717, 1.165) is 57.0 Å². The van der Waals surface area contributed by atoms with Gasteiger partial charge in [-0.25, -0.2) is 0 Å². The third-order valence-corrected chi connectivity index (χ3v) is 7.04. The van der Waals surface area contributed by atoms with Crippen molar-refractivity contribution >= 4 is 12.4 Å². The summed E-state index contributed by atoms with van der Waals surface area (Å²) in [5, 5.41) is 10.7. The second kappa shape index (κ2) is 12.3. The third kappa shape index (κ3) is 6.18. The van der Waals surface area contributed by atoms with Gasteiger partial charge in [0.1, 0.15) is 18.1 Å². The highest BCUT2D eigenvalue weighted by atomic mass is 16.5. The Morgan fingerprint density at radius 3 is 2.57 bits per heavy atom. The molecule has 2 aliphatic carbocycles. The summed E-state index contributed by atoms with van der Waals surface area (Å²) < 4.78 is 6.60. The van der Waals surface area contributed by atoms with Gasteiger partial charge in [-0.15, -0.1) is 0 Å². The first kappa shape index (κ1) is 24.6. The zero-order valence-corrected chi connectivity index (χ0v) is 19.2. The number of aliphatic hydroxyl groups excluding tert-OH is 1. The molecule has 1 aromatic carbocycles. The maximum Gasteiger partial charge on any atom is 0.123 e. The summed E-state index contributed by atoms with van der Waals surface area (Å²) in [5.74, 6) is 1.98. The van der Waals surface area contributed by atoms with Gasteiger partial charge in [0.15, 0.2) is 0 Å². The van der Waals surface area contributed by atoms with E-state index >= 15 is 0 Å². The van der Waals surface area contributed by atoms with E-state index < -0.39 is 0 Å². The molecule has 0 saturated heterocycles. The standard InChI is InChI=1S/C24H35NO.CH4O.CH2O/c1-3-24(15-16-25-22-5-4-6-22)14-13-21-17-20(11-12-23(21)26-24)19-9-7-18(2)8-10-19;2*1-2/h9,11-12,17-18,22,25H,3-8,10,13-16H2,1-2H3;2H,1H3;1H2. The lowest BCUT2D eigenvalue weighted by Crippen LogP contribution is -2.44. The molecule has 30 heavy (non-hydrogen) atoms. The van der Waals surface area contributed by atoms with Gasteiger partial charge in [-0.1, -0.05) is 32.4 Å². The van der Waals surface area contributed by atoms with E-state index in [4.69, 9.17) is 14.6 Å². The van der Waals surface area contributed by atoms with Crippen LogP contribution in [0.25, 0.3) is 5.57 Å². The fraction of sp³-hybridized carbons (Fsp3) is 0.654. The smallest absolute Gasteiger partial charge is 0.123 e. The van der Waals surface area contributed by atoms with Crippen LogP contribution in [0.1, 0.15) is 82.8 Å². The molecule has 1 fully saturated rings. The van der Waals surface area contributed by atoms with Gasteiger partial charge in [0, 0.05) is 13.2 Å². The van der Waals surface area contributed by atoms with E-state index in [1.165, 1.54) is 49.7 Å². The lowest BCUT2D eigenvalue weighted by molar-refractivity contribution is -0.0980. The molecule has 4 heteroatoms. The average molecular weight is 416 g/mol. The minimum absolute atomic E-state index is 0.0325. The second-order valence-corrected chi connectivity index (χ2v) is 8.90. The number of carbonyl (C=O) groups excluding carboxylic acids is 1. The van der Waals surface area contributed by atoms with Crippen molar-refractivity contribution in [3.05, 3.63) is 35.4 Å². The Kier molecular flexibility index (Phi) is 10.1. The number of allylic oxidation sites excluding steroid dienone is 2. The number of aryl methyl sites for hydroxylation is 1. The monoisotopic (exact) mass is 415 g/mol. The Labute approximate surface area is 183 Å². The van der Waals surface area contributed by atoms with Crippen molar-refractivity contribution in [3.63, 3.8) is 0 Å². The van der Waals surface area contributed by atoms with E-state index in [9.17, 15) is 0 Å². The van der Waals surface area contributed by atoms with Crippen molar-refractivity contribution in [2.24, 2.45) is 5.92 Å². The van der Waals surface area contributed by atoms with Crippen LogP contribution in [0.4, 0.5) is 0 Å². The van der Waals surface area contributed by atoms with Gasteiger partial charge >= 0.3 is 0 Å². The average Bonchev–Trinajstić information content (AvgIpc) is 2.78. The Morgan fingerprint density at radius 2 is 1.97 bits per heavy atom. The molecular formula is C26H41NO3. The number of carbonyl (C=O) groups is 1. The predicted molar refractivity (Wildman–Crippen MR) is 125 cm³/mol. The number of fused-ring (bicyclic) bond motifs is 1. The fourth-order valence-corrected chi connectivity index (χ4v) is 4.67. The topological polar surface area (TPSA) is 58.6 Å². The quantitative estimate of drug-likeness (QED) is 0.660. The number of ether oxygens (including phenoxy) is 1. The summed E-state index contributed by atoms with van der Waals surface area (Å²) in [4.78, 5) is 8.00. The number of rotatable bonds is 6. The highest BCUT2D eigenvalue weighted by molar-refractivity contribution is 5.68. The molecule has 1 aliphatic heterocycles. The van der Waals surface area contributed by atoms with E-state index in [1.54, 1.807) is 5.57 Å². The molecule has 4 nitrogen and oxygen atoms in total. The summed E-state index contributed by atoms with van der Waals surface area (Å²) in [6, 6.07) is 7.71. The molecular weight excluding hydrogens is 374 g/mol. The maximum atomic E-state index is 8.00. The third-order valence-electron chi connectivity index (χ3n) is 7.04. The number of hydrogen-bond donors (Lipinski definition) is 2. The number of benzene rings is 1. The Bertz CT molecular complexity index is 683. The highest BCUT2D eigenvalue weighted by Gasteiger charge is 2.34. The SMILES string of the molecule is C=O.CCC1(CCNC2CCC2)CCc2cc(C3=CCC(C)CC3)ccc2O1.CO. The molecule has 0 radical (unpaired) electrons. The summed E-state index contributed by atoms with van der Waals surface area (Å²) in [5.41, 5.74) is 4.42. The second-order valence-electron chi connectivity index (χ2n) is 8.90. The Morgan fingerprint density at radius 1 is 1.20 bits per heavy atom. The van der Waals surface area contributed by atoms with Crippen molar-refractivity contribution in [3.8, 4) is 5.75 Å². The highest BCUT2D eigenvalue weighted by Crippen LogP contribution is 2.39. The predicted octanol–water partition coefficient (Wildman–Crippen LogP) is 5.32. The maximum absolute atomic E-state index is 8.00. The van der Waals surface area contributed by atoms with Crippen molar-refractivity contribution in [1.82, 2.24) is 5.32 Å². The minimum Gasteiger partial charge on any atom is -0.487 e. The fourth-order valence-electron chi connectivity index (χ4n) is 4.67.